The van der Waals surface area contributed by atoms with Gasteiger partial charge in [0.05, 0.1) is 10.6 Å². The van der Waals surface area contributed by atoms with E-state index < -0.39 is 5.82 Å². The van der Waals surface area contributed by atoms with Crippen molar-refractivity contribution in [2.45, 2.75) is 38.6 Å². The highest BCUT2D eigenvalue weighted by Gasteiger charge is 2.22. The Hall–Kier alpha value is -1.42. The van der Waals surface area contributed by atoms with Gasteiger partial charge in [-0.2, -0.15) is 0 Å². The first-order valence-corrected chi connectivity index (χ1v) is 6.63. The van der Waals surface area contributed by atoms with Crippen LogP contribution in [0.15, 0.2) is 12.1 Å². The maximum atomic E-state index is 13.5. The first kappa shape index (κ1) is 14.0. The molecular weight excluding hydrogens is 269 g/mol. The summed E-state index contributed by atoms with van der Waals surface area (Å²) in [6, 6.07) is 2.56. The zero-order valence-electron chi connectivity index (χ0n) is 10.6. The summed E-state index contributed by atoms with van der Waals surface area (Å²) in [6.07, 6.45) is 2.24. The minimum absolute atomic E-state index is 0.0365. The van der Waals surface area contributed by atoms with Crippen molar-refractivity contribution in [3.05, 3.63) is 34.1 Å². The Morgan fingerprint density at radius 1 is 1.37 bits per heavy atom. The maximum absolute atomic E-state index is 13.5. The molecule has 0 radical (unpaired) electrons. The van der Waals surface area contributed by atoms with Crippen LogP contribution in [0.5, 0.6) is 0 Å². The number of ketones is 1. The SMILES string of the molecule is Cc1cc(Cl)c(C(=O)NC2CCC(=O)CC2)cc1F. The third-order valence-electron chi connectivity index (χ3n) is 3.37. The fourth-order valence-electron chi connectivity index (χ4n) is 2.17. The number of nitrogens with one attached hydrogen (secondary N) is 1. The van der Waals surface area contributed by atoms with Crippen molar-refractivity contribution < 1.29 is 14.0 Å². The lowest BCUT2D eigenvalue weighted by atomic mass is 9.94. The molecular formula is C14H15ClFNO2. The van der Waals surface area contributed by atoms with Crippen molar-refractivity contribution in [1.29, 1.82) is 0 Å². The molecule has 0 aromatic heterocycles. The van der Waals surface area contributed by atoms with Crippen molar-refractivity contribution in [1.82, 2.24) is 5.32 Å². The van der Waals surface area contributed by atoms with Crippen LogP contribution in [-0.4, -0.2) is 17.7 Å². The molecule has 3 nitrogen and oxygen atoms in total. The largest absolute Gasteiger partial charge is 0.349 e. The summed E-state index contributed by atoms with van der Waals surface area (Å²) in [4.78, 5) is 23.1. The molecule has 1 aromatic carbocycles. The van der Waals surface area contributed by atoms with Crippen LogP contribution in [0.4, 0.5) is 4.39 Å². The molecule has 0 unspecified atom stereocenters. The van der Waals surface area contributed by atoms with Gasteiger partial charge in [0.2, 0.25) is 0 Å². The number of halogens is 2. The third kappa shape index (κ3) is 3.32. The first-order valence-electron chi connectivity index (χ1n) is 6.25. The van der Waals surface area contributed by atoms with Crippen molar-refractivity contribution in [2.75, 3.05) is 0 Å². The Balaban J connectivity index is 2.08. The molecule has 1 amide bonds. The Morgan fingerprint density at radius 3 is 2.63 bits per heavy atom. The molecule has 1 N–H and O–H groups in total. The average molecular weight is 284 g/mol. The van der Waals surface area contributed by atoms with Crippen LogP contribution in [-0.2, 0) is 4.79 Å². The van der Waals surface area contributed by atoms with E-state index in [1.165, 1.54) is 6.07 Å². The highest BCUT2D eigenvalue weighted by Crippen LogP contribution is 2.21. The van der Waals surface area contributed by atoms with E-state index in [2.05, 4.69) is 5.32 Å². The van der Waals surface area contributed by atoms with Crippen LogP contribution in [0.1, 0.15) is 41.6 Å². The van der Waals surface area contributed by atoms with Gasteiger partial charge in [0, 0.05) is 18.9 Å². The van der Waals surface area contributed by atoms with Gasteiger partial charge in [0.15, 0.2) is 0 Å². The number of carbonyl (C=O) groups is 2. The minimum Gasteiger partial charge on any atom is -0.349 e. The van der Waals surface area contributed by atoms with Crippen molar-refractivity contribution >= 4 is 23.3 Å². The molecule has 1 aliphatic carbocycles. The lowest BCUT2D eigenvalue weighted by Crippen LogP contribution is -2.37. The van der Waals surface area contributed by atoms with Crippen LogP contribution >= 0.6 is 11.6 Å². The highest BCUT2D eigenvalue weighted by atomic mass is 35.5. The molecule has 5 heteroatoms. The van der Waals surface area contributed by atoms with Crippen LogP contribution in [0, 0.1) is 12.7 Å². The topological polar surface area (TPSA) is 46.2 Å². The predicted octanol–water partition coefficient (Wildman–Crippen LogP) is 3.03. The number of rotatable bonds is 2. The Kier molecular flexibility index (Phi) is 4.20. The second-order valence-corrected chi connectivity index (χ2v) is 5.27. The third-order valence-corrected chi connectivity index (χ3v) is 3.68. The normalized spacial score (nSPS) is 16.5. The second kappa shape index (κ2) is 5.70. The molecule has 19 heavy (non-hydrogen) atoms. The van der Waals surface area contributed by atoms with Crippen molar-refractivity contribution in [2.24, 2.45) is 0 Å². The number of aryl methyl sites for hydroxylation is 1. The van der Waals surface area contributed by atoms with Gasteiger partial charge in [-0.25, -0.2) is 4.39 Å². The van der Waals surface area contributed by atoms with E-state index >= 15 is 0 Å². The van der Waals surface area contributed by atoms with Gasteiger partial charge in [-0.3, -0.25) is 9.59 Å². The van der Waals surface area contributed by atoms with E-state index in [-0.39, 0.29) is 28.3 Å². The van der Waals surface area contributed by atoms with Crippen LogP contribution in [0.25, 0.3) is 0 Å². The zero-order valence-corrected chi connectivity index (χ0v) is 11.4. The Morgan fingerprint density at radius 2 is 2.00 bits per heavy atom. The number of benzene rings is 1. The summed E-state index contributed by atoms with van der Waals surface area (Å²) < 4.78 is 13.5. The van der Waals surface area contributed by atoms with E-state index in [0.29, 0.717) is 31.2 Å². The van der Waals surface area contributed by atoms with E-state index in [1.807, 2.05) is 0 Å². The van der Waals surface area contributed by atoms with Gasteiger partial charge in [-0.15, -0.1) is 0 Å². The fourth-order valence-corrected chi connectivity index (χ4v) is 2.47. The average Bonchev–Trinajstić information content (AvgIpc) is 2.36. The summed E-state index contributed by atoms with van der Waals surface area (Å²) in [7, 11) is 0. The molecule has 0 spiro atoms. The first-order chi connectivity index (χ1) is 8.97. The van der Waals surface area contributed by atoms with Crippen LogP contribution in [0.2, 0.25) is 5.02 Å². The molecule has 1 fully saturated rings. The van der Waals surface area contributed by atoms with E-state index in [4.69, 9.17) is 11.6 Å². The Labute approximate surface area is 116 Å². The second-order valence-electron chi connectivity index (χ2n) is 4.87. The van der Waals surface area contributed by atoms with Gasteiger partial charge >= 0.3 is 0 Å². The zero-order chi connectivity index (χ0) is 14.0. The fraction of sp³-hybridized carbons (Fsp3) is 0.429. The van der Waals surface area contributed by atoms with Crippen molar-refractivity contribution in [3.63, 3.8) is 0 Å². The number of carbonyl (C=O) groups excluding carboxylic acids is 2. The smallest absolute Gasteiger partial charge is 0.253 e. The van der Waals surface area contributed by atoms with Gasteiger partial charge in [-0.1, -0.05) is 11.6 Å². The van der Waals surface area contributed by atoms with Gasteiger partial charge in [0.1, 0.15) is 11.6 Å². The lowest BCUT2D eigenvalue weighted by molar-refractivity contribution is -0.120. The van der Waals surface area contributed by atoms with E-state index in [9.17, 15) is 14.0 Å². The molecule has 1 aromatic rings. The molecule has 1 saturated carbocycles. The number of Topliss-reactive ketones (excluding diaryl/α,β-unsaturated/α-hetero) is 1. The van der Waals surface area contributed by atoms with Crippen LogP contribution in [0.3, 0.4) is 0 Å². The predicted molar refractivity (Wildman–Crippen MR) is 70.9 cm³/mol. The van der Waals surface area contributed by atoms with Gasteiger partial charge in [0.25, 0.3) is 5.91 Å². The summed E-state index contributed by atoms with van der Waals surface area (Å²) in [5.74, 6) is -0.610. The monoisotopic (exact) mass is 283 g/mol. The van der Waals surface area contributed by atoms with Crippen LogP contribution < -0.4 is 5.32 Å². The molecule has 0 atom stereocenters. The summed E-state index contributed by atoms with van der Waals surface area (Å²) in [5, 5.41) is 3.04. The summed E-state index contributed by atoms with van der Waals surface area (Å²) >= 11 is 5.96. The molecule has 0 heterocycles. The molecule has 0 bridgehead atoms. The maximum Gasteiger partial charge on any atom is 0.253 e. The Bertz CT molecular complexity index is 520. The van der Waals surface area contributed by atoms with E-state index in [0.717, 1.165) is 6.07 Å². The molecule has 1 aliphatic rings. The minimum atomic E-state index is -0.451. The summed E-state index contributed by atoms with van der Waals surface area (Å²) in [6.45, 7) is 1.59. The number of amides is 1. The standard InChI is InChI=1S/C14H15ClFNO2/c1-8-6-12(15)11(7-13(8)16)14(19)17-9-2-4-10(18)5-3-9/h6-7,9H,2-5H2,1H3,(H,17,19). The molecule has 102 valence electrons. The molecule has 0 aliphatic heterocycles. The molecule has 2 rings (SSSR count). The molecule has 0 saturated heterocycles. The van der Waals surface area contributed by atoms with Gasteiger partial charge in [-0.05, 0) is 37.5 Å². The lowest BCUT2D eigenvalue weighted by Gasteiger charge is -2.22. The highest BCUT2D eigenvalue weighted by molar-refractivity contribution is 6.33. The van der Waals surface area contributed by atoms with E-state index in [1.54, 1.807) is 6.92 Å². The van der Waals surface area contributed by atoms with Gasteiger partial charge < -0.3 is 5.32 Å². The quantitative estimate of drug-likeness (QED) is 0.907. The number of hydrogen-bond acceptors (Lipinski definition) is 2. The van der Waals surface area contributed by atoms with Crippen molar-refractivity contribution in [3.8, 4) is 0 Å². The summed E-state index contributed by atoms with van der Waals surface area (Å²) in [5.41, 5.74) is 0.548. The number of hydrogen-bond donors (Lipinski definition) is 1.